The largest absolute Gasteiger partial charge is 0.325 e. The minimum absolute atomic E-state index is 0.0726. The molecule has 0 spiro atoms. The summed E-state index contributed by atoms with van der Waals surface area (Å²) in [6.45, 7) is 0.470. The van der Waals surface area contributed by atoms with Gasteiger partial charge in [0.2, 0.25) is 5.91 Å². The minimum atomic E-state index is 0.0726. The third-order valence-electron chi connectivity index (χ3n) is 4.62. The van der Waals surface area contributed by atoms with Gasteiger partial charge in [-0.05, 0) is 42.8 Å². The molecule has 22 heavy (non-hydrogen) atoms. The number of amides is 1. The number of anilines is 1. The molecule has 0 unspecified atom stereocenters. The molecule has 1 aliphatic rings. The predicted molar refractivity (Wildman–Crippen MR) is 92.1 cm³/mol. The van der Waals surface area contributed by atoms with Crippen LogP contribution in [0.15, 0.2) is 42.5 Å². The van der Waals surface area contributed by atoms with Gasteiger partial charge in [-0.15, -0.1) is 0 Å². The summed E-state index contributed by atoms with van der Waals surface area (Å²) in [6.07, 6.45) is 6.37. The monoisotopic (exact) mass is 296 g/mol. The van der Waals surface area contributed by atoms with Crippen LogP contribution in [0.1, 0.15) is 32.1 Å². The van der Waals surface area contributed by atoms with Gasteiger partial charge < -0.3 is 5.32 Å². The molecule has 1 saturated carbocycles. The third kappa shape index (κ3) is 3.66. The molecule has 1 aliphatic carbocycles. The molecule has 0 aliphatic heterocycles. The predicted octanol–water partition coefficient (Wildman–Crippen LogP) is 4.04. The fourth-order valence-corrected chi connectivity index (χ4v) is 3.35. The summed E-state index contributed by atoms with van der Waals surface area (Å²) < 4.78 is 0. The van der Waals surface area contributed by atoms with Crippen LogP contribution in [0.25, 0.3) is 10.8 Å². The van der Waals surface area contributed by atoms with E-state index in [4.69, 9.17) is 0 Å². The van der Waals surface area contributed by atoms with Crippen LogP contribution in [0.3, 0.4) is 0 Å². The summed E-state index contributed by atoms with van der Waals surface area (Å²) in [6, 6.07) is 14.8. The van der Waals surface area contributed by atoms with E-state index in [1.165, 1.54) is 37.5 Å². The SMILES string of the molecule is CN(CC(=O)Nc1ccc2ccccc2c1)C1CCCCC1. The number of hydrogen-bond acceptors (Lipinski definition) is 2. The zero-order valence-corrected chi connectivity index (χ0v) is 13.2. The number of nitrogens with one attached hydrogen (secondary N) is 1. The van der Waals surface area contributed by atoms with E-state index in [0.717, 1.165) is 11.1 Å². The number of rotatable bonds is 4. The van der Waals surface area contributed by atoms with Crippen LogP contribution in [0, 0.1) is 0 Å². The van der Waals surface area contributed by atoms with Crippen molar-refractivity contribution in [3.63, 3.8) is 0 Å². The van der Waals surface area contributed by atoms with E-state index in [2.05, 4.69) is 35.5 Å². The molecule has 0 atom stereocenters. The number of fused-ring (bicyclic) bond motifs is 1. The first-order valence-electron chi connectivity index (χ1n) is 8.21. The summed E-state index contributed by atoms with van der Waals surface area (Å²) in [5, 5.41) is 5.37. The maximum atomic E-state index is 12.2. The lowest BCUT2D eigenvalue weighted by Gasteiger charge is -2.30. The number of carbonyl (C=O) groups is 1. The second kappa shape index (κ2) is 6.93. The Morgan fingerprint density at radius 1 is 1.09 bits per heavy atom. The highest BCUT2D eigenvalue weighted by Gasteiger charge is 2.19. The topological polar surface area (TPSA) is 32.3 Å². The molecular weight excluding hydrogens is 272 g/mol. The summed E-state index contributed by atoms with van der Waals surface area (Å²) in [4.78, 5) is 14.5. The molecule has 0 saturated heterocycles. The van der Waals surface area contributed by atoms with E-state index in [-0.39, 0.29) is 5.91 Å². The number of likely N-dealkylation sites (N-methyl/N-ethyl adjacent to an activating group) is 1. The van der Waals surface area contributed by atoms with Crippen LogP contribution in [0.2, 0.25) is 0 Å². The Balaban J connectivity index is 1.60. The second-order valence-electron chi connectivity index (χ2n) is 6.32. The van der Waals surface area contributed by atoms with Crippen molar-refractivity contribution in [2.75, 3.05) is 18.9 Å². The molecule has 0 aromatic heterocycles. The molecule has 116 valence electrons. The van der Waals surface area contributed by atoms with Gasteiger partial charge >= 0.3 is 0 Å². The van der Waals surface area contributed by atoms with Gasteiger partial charge in [0.15, 0.2) is 0 Å². The third-order valence-corrected chi connectivity index (χ3v) is 4.62. The van der Waals surface area contributed by atoms with Gasteiger partial charge in [0, 0.05) is 11.7 Å². The molecule has 1 amide bonds. The van der Waals surface area contributed by atoms with E-state index in [9.17, 15) is 4.79 Å². The van der Waals surface area contributed by atoms with Gasteiger partial charge in [-0.3, -0.25) is 9.69 Å². The van der Waals surface area contributed by atoms with Crippen molar-refractivity contribution in [1.29, 1.82) is 0 Å². The fraction of sp³-hybridized carbons (Fsp3) is 0.421. The fourth-order valence-electron chi connectivity index (χ4n) is 3.35. The summed E-state index contributed by atoms with van der Waals surface area (Å²) in [5.74, 6) is 0.0726. The molecular formula is C19H24N2O. The summed E-state index contributed by atoms with van der Waals surface area (Å²) in [7, 11) is 2.07. The smallest absolute Gasteiger partial charge is 0.238 e. The van der Waals surface area contributed by atoms with Crippen LogP contribution in [0.4, 0.5) is 5.69 Å². The van der Waals surface area contributed by atoms with Crippen LogP contribution in [-0.4, -0.2) is 30.4 Å². The average molecular weight is 296 g/mol. The van der Waals surface area contributed by atoms with Crippen molar-refractivity contribution < 1.29 is 4.79 Å². The van der Waals surface area contributed by atoms with Crippen molar-refractivity contribution in [3.05, 3.63) is 42.5 Å². The zero-order valence-electron chi connectivity index (χ0n) is 13.2. The summed E-state index contributed by atoms with van der Waals surface area (Å²) >= 11 is 0. The van der Waals surface area contributed by atoms with Gasteiger partial charge in [0.05, 0.1) is 6.54 Å². The molecule has 3 nitrogen and oxygen atoms in total. The molecule has 1 fully saturated rings. The van der Waals surface area contributed by atoms with Crippen molar-refractivity contribution >= 4 is 22.4 Å². The van der Waals surface area contributed by atoms with Crippen molar-refractivity contribution in [2.24, 2.45) is 0 Å². The van der Waals surface area contributed by atoms with Gasteiger partial charge in [0.25, 0.3) is 0 Å². The first kappa shape index (κ1) is 15.0. The van der Waals surface area contributed by atoms with Crippen LogP contribution in [0.5, 0.6) is 0 Å². The highest BCUT2D eigenvalue weighted by molar-refractivity contribution is 5.95. The standard InChI is InChI=1S/C19H24N2O/c1-21(18-9-3-2-4-10-18)14-19(22)20-17-12-11-15-7-5-6-8-16(15)13-17/h5-8,11-13,18H,2-4,9-10,14H2,1H3,(H,20,22). The van der Waals surface area contributed by atoms with E-state index < -0.39 is 0 Å². The summed E-state index contributed by atoms with van der Waals surface area (Å²) in [5.41, 5.74) is 0.876. The molecule has 2 aromatic rings. The lowest BCUT2D eigenvalue weighted by Crippen LogP contribution is -2.39. The first-order chi connectivity index (χ1) is 10.7. The zero-order chi connectivity index (χ0) is 15.4. The van der Waals surface area contributed by atoms with Gasteiger partial charge in [0.1, 0.15) is 0 Å². The Hall–Kier alpha value is -1.87. The Labute approximate surface area is 132 Å². The molecule has 0 radical (unpaired) electrons. The van der Waals surface area contributed by atoms with E-state index in [0.29, 0.717) is 12.6 Å². The Kier molecular flexibility index (Phi) is 4.74. The van der Waals surface area contributed by atoms with E-state index in [1.54, 1.807) is 0 Å². The quantitative estimate of drug-likeness (QED) is 0.923. The number of nitrogens with zero attached hydrogens (tertiary/aromatic N) is 1. The van der Waals surface area contributed by atoms with Crippen LogP contribution >= 0.6 is 0 Å². The van der Waals surface area contributed by atoms with Crippen molar-refractivity contribution in [2.45, 2.75) is 38.1 Å². The van der Waals surface area contributed by atoms with E-state index >= 15 is 0 Å². The van der Waals surface area contributed by atoms with E-state index in [1.807, 2.05) is 24.3 Å². The van der Waals surface area contributed by atoms with Gasteiger partial charge in [-0.1, -0.05) is 49.6 Å². The normalized spacial score (nSPS) is 16.1. The second-order valence-corrected chi connectivity index (χ2v) is 6.32. The molecule has 3 heteroatoms. The van der Waals surface area contributed by atoms with Gasteiger partial charge in [-0.25, -0.2) is 0 Å². The number of carbonyl (C=O) groups excluding carboxylic acids is 1. The highest BCUT2D eigenvalue weighted by atomic mass is 16.2. The average Bonchev–Trinajstić information content (AvgIpc) is 2.55. The maximum absolute atomic E-state index is 12.2. The Morgan fingerprint density at radius 3 is 2.59 bits per heavy atom. The lowest BCUT2D eigenvalue weighted by molar-refractivity contribution is -0.117. The molecule has 0 heterocycles. The van der Waals surface area contributed by atoms with Crippen LogP contribution in [-0.2, 0) is 4.79 Å². The van der Waals surface area contributed by atoms with Crippen molar-refractivity contribution in [1.82, 2.24) is 4.90 Å². The Bertz CT molecular complexity index is 647. The molecule has 0 bridgehead atoms. The molecule has 3 rings (SSSR count). The van der Waals surface area contributed by atoms with Crippen molar-refractivity contribution in [3.8, 4) is 0 Å². The Morgan fingerprint density at radius 2 is 1.82 bits per heavy atom. The highest BCUT2D eigenvalue weighted by Crippen LogP contribution is 2.22. The first-order valence-corrected chi connectivity index (χ1v) is 8.21. The number of benzene rings is 2. The minimum Gasteiger partial charge on any atom is -0.325 e. The molecule has 1 N–H and O–H groups in total. The van der Waals surface area contributed by atoms with Crippen LogP contribution < -0.4 is 5.32 Å². The van der Waals surface area contributed by atoms with Gasteiger partial charge in [-0.2, -0.15) is 0 Å². The lowest BCUT2D eigenvalue weighted by atomic mass is 9.94. The maximum Gasteiger partial charge on any atom is 0.238 e. The number of hydrogen-bond donors (Lipinski definition) is 1. The molecule has 2 aromatic carbocycles.